The molecule has 3 aromatic rings. The largest absolute Gasteiger partial charge is 0.495 e. The highest BCUT2D eigenvalue weighted by atomic mass is 35.5. The third-order valence-electron chi connectivity index (χ3n) is 5.95. The Labute approximate surface area is 209 Å². The van der Waals surface area contributed by atoms with Crippen LogP contribution in [0.15, 0.2) is 36.5 Å². The van der Waals surface area contributed by atoms with Crippen LogP contribution in [-0.2, 0) is 0 Å². The van der Waals surface area contributed by atoms with Crippen molar-refractivity contribution in [1.82, 2.24) is 14.8 Å². The van der Waals surface area contributed by atoms with Gasteiger partial charge in [-0.1, -0.05) is 23.2 Å². The van der Waals surface area contributed by atoms with Gasteiger partial charge in [-0.25, -0.2) is 0 Å². The first-order chi connectivity index (χ1) is 16.5. The Morgan fingerprint density at radius 2 is 1.91 bits per heavy atom. The van der Waals surface area contributed by atoms with Gasteiger partial charge in [0.1, 0.15) is 17.6 Å². The smallest absolute Gasteiger partial charge is 0.139 e. The van der Waals surface area contributed by atoms with E-state index in [2.05, 4.69) is 33.2 Å². The number of likely N-dealkylation sites (N-methyl/N-ethyl adjacent to an activating group) is 1. The van der Waals surface area contributed by atoms with Gasteiger partial charge in [0, 0.05) is 56.4 Å². The number of nitrogens with one attached hydrogen (secondary N) is 1. The maximum absolute atomic E-state index is 9.65. The van der Waals surface area contributed by atoms with Crippen molar-refractivity contribution in [3.8, 4) is 17.6 Å². The normalized spacial score (nSPS) is 14.7. The molecule has 34 heavy (non-hydrogen) atoms. The molecule has 178 valence electrons. The predicted molar refractivity (Wildman–Crippen MR) is 137 cm³/mol. The SMILES string of the molecule is COc1cc(Nc2c(C#N)cnc3cc(OCCCN4CCN(C)CC4)ccc23)c(Cl)cc1Cl. The van der Waals surface area contributed by atoms with E-state index in [4.69, 9.17) is 32.7 Å². The molecule has 2 aromatic carbocycles. The molecule has 7 nitrogen and oxygen atoms in total. The minimum atomic E-state index is 0.401. The van der Waals surface area contributed by atoms with Gasteiger partial charge in [-0.2, -0.15) is 5.26 Å². The summed E-state index contributed by atoms with van der Waals surface area (Å²) in [6, 6.07) is 11.2. The lowest BCUT2D eigenvalue weighted by atomic mass is 10.1. The van der Waals surface area contributed by atoms with Crippen molar-refractivity contribution in [3.05, 3.63) is 52.1 Å². The van der Waals surface area contributed by atoms with Crippen LogP contribution >= 0.6 is 23.2 Å². The summed E-state index contributed by atoms with van der Waals surface area (Å²) in [5.74, 6) is 1.23. The van der Waals surface area contributed by atoms with Crippen molar-refractivity contribution >= 4 is 45.5 Å². The van der Waals surface area contributed by atoms with Gasteiger partial charge in [0.2, 0.25) is 0 Å². The third-order valence-corrected chi connectivity index (χ3v) is 6.55. The Hall–Kier alpha value is -2.76. The summed E-state index contributed by atoms with van der Waals surface area (Å²) >= 11 is 12.5. The van der Waals surface area contributed by atoms with Crippen molar-refractivity contribution in [2.45, 2.75) is 6.42 Å². The van der Waals surface area contributed by atoms with Gasteiger partial charge in [-0.3, -0.25) is 4.98 Å². The first kappa shape index (κ1) is 24.4. The highest BCUT2D eigenvalue weighted by Crippen LogP contribution is 2.38. The van der Waals surface area contributed by atoms with Gasteiger partial charge in [0.05, 0.1) is 46.2 Å². The molecule has 9 heteroatoms. The average molecular weight is 500 g/mol. The fourth-order valence-corrected chi connectivity index (χ4v) is 4.46. The number of aromatic nitrogens is 1. The first-order valence-corrected chi connectivity index (χ1v) is 11.9. The van der Waals surface area contributed by atoms with E-state index in [1.807, 2.05) is 18.2 Å². The number of halogens is 2. The molecule has 2 heterocycles. The standard InChI is InChI=1S/C25H27Cl2N5O2/c1-31-7-9-32(10-8-31)6-3-11-34-18-4-5-19-22(12-18)29-16-17(15-28)25(19)30-23-14-24(33-2)21(27)13-20(23)26/h4-5,12-14,16H,3,6-11H2,1-2H3,(H,29,30). The molecule has 1 aromatic heterocycles. The lowest BCUT2D eigenvalue weighted by Crippen LogP contribution is -2.44. The van der Waals surface area contributed by atoms with Gasteiger partial charge in [-0.15, -0.1) is 0 Å². The summed E-state index contributed by atoms with van der Waals surface area (Å²) in [4.78, 5) is 9.29. The number of methoxy groups -OCH3 is 1. The highest BCUT2D eigenvalue weighted by molar-refractivity contribution is 6.37. The number of hydrogen-bond donors (Lipinski definition) is 1. The van der Waals surface area contributed by atoms with E-state index in [0.29, 0.717) is 39.3 Å². The van der Waals surface area contributed by atoms with Crippen molar-refractivity contribution in [2.24, 2.45) is 0 Å². The Bertz CT molecular complexity index is 1210. The number of nitrogens with zero attached hydrogens (tertiary/aromatic N) is 4. The number of hydrogen-bond acceptors (Lipinski definition) is 7. The van der Waals surface area contributed by atoms with Gasteiger partial charge >= 0.3 is 0 Å². The number of rotatable bonds is 8. The second-order valence-corrected chi connectivity index (χ2v) is 9.09. The minimum absolute atomic E-state index is 0.401. The summed E-state index contributed by atoms with van der Waals surface area (Å²) in [5.41, 5.74) is 2.31. The van der Waals surface area contributed by atoms with E-state index < -0.39 is 0 Å². The summed E-state index contributed by atoms with van der Waals surface area (Å²) in [6.45, 7) is 6.12. The molecule has 0 radical (unpaired) electrons. The number of fused-ring (bicyclic) bond motifs is 1. The van der Waals surface area contributed by atoms with Crippen LogP contribution < -0.4 is 14.8 Å². The fraction of sp³-hybridized carbons (Fsp3) is 0.360. The second kappa shape index (κ2) is 11.1. The van der Waals surface area contributed by atoms with E-state index in [0.717, 1.165) is 55.8 Å². The second-order valence-electron chi connectivity index (χ2n) is 8.28. The summed E-state index contributed by atoms with van der Waals surface area (Å²) < 4.78 is 11.3. The molecule has 0 amide bonds. The number of pyridine rings is 1. The van der Waals surface area contributed by atoms with Crippen LogP contribution in [0.25, 0.3) is 10.9 Å². The zero-order chi connectivity index (χ0) is 24.1. The van der Waals surface area contributed by atoms with Crippen molar-refractivity contribution in [1.29, 1.82) is 5.26 Å². The van der Waals surface area contributed by atoms with Gasteiger partial charge in [0.15, 0.2) is 0 Å². The van der Waals surface area contributed by atoms with Gasteiger partial charge in [0.25, 0.3) is 0 Å². The quantitative estimate of drug-likeness (QED) is 0.427. The van der Waals surface area contributed by atoms with E-state index in [9.17, 15) is 5.26 Å². The van der Waals surface area contributed by atoms with Gasteiger partial charge < -0.3 is 24.6 Å². The Morgan fingerprint density at radius 3 is 2.65 bits per heavy atom. The van der Waals surface area contributed by atoms with Gasteiger partial charge in [-0.05, 0) is 31.7 Å². The number of ether oxygens (including phenoxy) is 2. The molecule has 0 aliphatic carbocycles. The molecule has 0 bridgehead atoms. The molecule has 1 fully saturated rings. The number of piperazine rings is 1. The predicted octanol–water partition coefficient (Wildman–Crippen LogP) is 5.18. The maximum atomic E-state index is 9.65. The molecule has 0 unspecified atom stereocenters. The zero-order valence-electron chi connectivity index (χ0n) is 19.3. The molecular formula is C25H27Cl2N5O2. The zero-order valence-corrected chi connectivity index (χ0v) is 20.8. The topological polar surface area (TPSA) is 73.6 Å². The number of nitriles is 1. The van der Waals surface area contributed by atoms with Crippen LogP contribution in [0.2, 0.25) is 10.0 Å². The van der Waals surface area contributed by atoms with E-state index in [1.165, 1.54) is 7.11 Å². The van der Waals surface area contributed by atoms with Crippen molar-refractivity contribution in [2.75, 3.05) is 58.8 Å². The van der Waals surface area contributed by atoms with E-state index in [1.54, 1.807) is 18.3 Å². The van der Waals surface area contributed by atoms with Crippen LogP contribution in [-0.4, -0.2) is 68.3 Å². The molecular weight excluding hydrogens is 473 g/mol. The molecule has 1 aliphatic heterocycles. The van der Waals surface area contributed by atoms with E-state index >= 15 is 0 Å². The van der Waals surface area contributed by atoms with Crippen LogP contribution in [0, 0.1) is 11.3 Å². The average Bonchev–Trinajstić information content (AvgIpc) is 2.84. The first-order valence-electron chi connectivity index (χ1n) is 11.1. The monoisotopic (exact) mass is 499 g/mol. The number of benzene rings is 2. The Morgan fingerprint density at radius 1 is 1.12 bits per heavy atom. The van der Waals surface area contributed by atoms with Crippen LogP contribution in [0.1, 0.15) is 12.0 Å². The molecule has 1 N–H and O–H groups in total. The molecule has 0 saturated carbocycles. The van der Waals surface area contributed by atoms with E-state index in [-0.39, 0.29) is 0 Å². The lowest BCUT2D eigenvalue weighted by molar-refractivity contribution is 0.145. The fourth-order valence-electron chi connectivity index (χ4n) is 3.95. The summed E-state index contributed by atoms with van der Waals surface area (Å²) in [5, 5.41) is 14.5. The van der Waals surface area contributed by atoms with Crippen LogP contribution in [0.5, 0.6) is 11.5 Å². The molecule has 1 saturated heterocycles. The Kier molecular flexibility index (Phi) is 7.96. The van der Waals surface area contributed by atoms with Crippen LogP contribution in [0.4, 0.5) is 11.4 Å². The molecule has 1 aliphatic rings. The molecule has 0 atom stereocenters. The molecule has 4 rings (SSSR count). The maximum Gasteiger partial charge on any atom is 0.139 e. The van der Waals surface area contributed by atoms with Crippen molar-refractivity contribution in [3.63, 3.8) is 0 Å². The van der Waals surface area contributed by atoms with Crippen molar-refractivity contribution < 1.29 is 9.47 Å². The Balaban J connectivity index is 1.48. The summed E-state index contributed by atoms with van der Waals surface area (Å²) in [6.07, 6.45) is 2.51. The number of anilines is 2. The third kappa shape index (κ3) is 5.65. The summed E-state index contributed by atoms with van der Waals surface area (Å²) in [7, 11) is 3.70. The highest BCUT2D eigenvalue weighted by Gasteiger charge is 2.15. The van der Waals surface area contributed by atoms with Crippen LogP contribution in [0.3, 0.4) is 0 Å². The molecule has 0 spiro atoms. The lowest BCUT2D eigenvalue weighted by Gasteiger charge is -2.32. The minimum Gasteiger partial charge on any atom is -0.495 e.